The highest BCUT2D eigenvalue weighted by molar-refractivity contribution is 7.80. The maximum atomic E-state index is 10.2. The van der Waals surface area contributed by atoms with Gasteiger partial charge >= 0.3 is 47.8 Å². The van der Waals surface area contributed by atoms with Crippen molar-refractivity contribution in [3.05, 3.63) is 0 Å². The number of carboxylic acid groups (broad SMARTS) is 8. The highest BCUT2D eigenvalue weighted by Crippen LogP contribution is 1.95. The molecule has 0 rings (SSSR count). The standard InChI is InChI=1S/C6H14N4O2.C5H9NO4.C4H8N2O3.C4H7NO4.C3H7NO2S.C3H7NO2/c7-4(5(11)12)2-1-3-10-6(8)9;6-3(5(9)10)1-2-4(7)8;2*5-2(4(8)9)1-3(6)7;4-2(1-7)3(5)6;1-2(4)3(5)6/h4H,1-3,7H2,(H,11,12)(H4,8,9,10);3H,1-2,6H2,(H,7,8)(H,9,10);2H,1,5H2,(H2,6,7)(H,8,9);2H,1,5H2,(H,6,7)(H,8,9);2,7H,1,4H2,(H,5,6);2H,4H2,1H3,(H,5,6)/t4-;3-;4*2-/m000000/s1. The molecular formula is C25H52N10O17S. The lowest BCUT2D eigenvalue weighted by Gasteiger charge is -2.03. The van der Waals surface area contributed by atoms with Gasteiger partial charge in [0, 0.05) is 18.7 Å². The lowest BCUT2D eigenvalue weighted by atomic mass is 10.2. The van der Waals surface area contributed by atoms with E-state index in [1.54, 1.807) is 0 Å². The van der Waals surface area contributed by atoms with Gasteiger partial charge in [-0.25, -0.2) is 0 Å². The number of hydrogen-bond acceptors (Lipinski definition) is 17. The minimum atomic E-state index is -1.29. The second-order valence-corrected chi connectivity index (χ2v) is 10.0. The van der Waals surface area contributed by atoms with Gasteiger partial charge < -0.3 is 92.5 Å². The van der Waals surface area contributed by atoms with E-state index < -0.39 is 96.3 Å². The normalized spacial score (nSPS) is 12.7. The highest BCUT2D eigenvalue weighted by Gasteiger charge is 2.15. The molecule has 0 aliphatic rings. The largest absolute Gasteiger partial charge is 0.481 e. The van der Waals surface area contributed by atoms with Crippen LogP contribution in [0.5, 0.6) is 0 Å². The summed E-state index contributed by atoms with van der Waals surface area (Å²) in [5.74, 6) is -9.38. The number of primary amides is 1. The smallest absolute Gasteiger partial charge is 0.321 e. The Morgan fingerprint density at radius 3 is 1.06 bits per heavy atom. The Balaban J connectivity index is -0.000000127. The molecule has 0 aliphatic heterocycles. The minimum absolute atomic E-state index is 0.0129. The zero-order valence-electron chi connectivity index (χ0n) is 28.5. The third kappa shape index (κ3) is 56.2. The number of aliphatic carboxylic acids is 8. The third-order valence-electron chi connectivity index (χ3n) is 4.62. The van der Waals surface area contributed by atoms with Gasteiger partial charge in [0.2, 0.25) is 5.91 Å². The van der Waals surface area contributed by atoms with Crippen LogP contribution in [0.25, 0.3) is 0 Å². The van der Waals surface area contributed by atoms with Crippen LogP contribution in [0.2, 0.25) is 0 Å². The summed E-state index contributed by atoms with van der Waals surface area (Å²) < 4.78 is 0. The number of nitrogens with zero attached hydrogens (tertiary/aromatic N) is 1. The van der Waals surface area contributed by atoms with Gasteiger partial charge in [0.1, 0.15) is 36.3 Å². The Morgan fingerprint density at radius 2 is 0.868 bits per heavy atom. The predicted octanol–water partition coefficient (Wildman–Crippen LogP) is -6.39. The summed E-state index contributed by atoms with van der Waals surface area (Å²) in [5, 5.41) is 64.7. The number of hydrogen-bond donors (Lipinski definition) is 18. The second-order valence-electron chi connectivity index (χ2n) is 9.68. The van der Waals surface area contributed by atoms with Crippen molar-refractivity contribution in [3.8, 4) is 0 Å². The first-order valence-corrected chi connectivity index (χ1v) is 14.9. The molecule has 53 heavy (non-hydrogen) atoms. The molecule has 26 N–H and O–H groups in total. The van der Waals surface area contributed by atoms with Crippen molar-refractivity contribution in [1.29, 1.82) is 0 Å². The third-order valence-corrected chi connectivity index (χ3v) is 5.02. The van der Waals surface area contributed by atoms with E-state index in [9.17, 15) is 43.2 Å². The SMILES string of the molecule is C[C@H](N)C(=O)O.NC(=O)C[C@H](N)C(=O)O.NC(N)=NCCC[C@H](N)C(=O)O.N[C@@H](CC(=O)O)C(=O)O.N[C@@H](CCC(=O)O)C(=O)O.N[C@@H](CS)C(=O)O. The number of rotatable bonds is 18. The quantitative estimate of drug-likeness (QED) is 0.0265. The maximum absolute atomic E-state index is 10.2. The summed E-state index contributed by atoms with van der Waals surface area (Å²) in [7, 11) is 0. The zero-order chi connectivity index (χ0) is 43.6. The first-order valence-electron chi connectivity index (χ1n) is 14.3. The molecule has 0 heterocycles. The van der Waals surface area contributed by atoms with Gasteiger partial charge in [-0.05, 0) is 26.2 Å². The summed E-state index contributed by atoms with van der Waals surface area (Å²) >= 11 is 3.65. The van der Waals surface area contributed by atoms with E-state index in [0.717, 1.165) is 0 Å². The molecule has 0 spiro atoms. The Morgan fingerprint density at radius 1 is 0.528 bits per heavy atom. The molecule has 27 nitrogen and oxygen atoms in total. The summed E-state index contributed by atoms with van der Waals surface area (Å²) in [6.45, 7) is 1.84. The first kappa shape index (κ1) is 59.7. The van der Waals surface area contributed by atoms with E-state index in [0.29, 0.717) is 19.4 Å². The molecule has 0 bridgehead atoms. The van der Waals surface area contributed by atoms with E-state index >= 15 is 0 Å². The van der Waals surface area contributed by atoms with Crippen LogP contribution in [0.3, 0.4) is 0 Å². The number of thiol groups is 1. The van der Waals surface area contributed by atoms with Gasteiger partial charge in [-0.3, -0.25) is 48.1 Å². The summed E-state index contributed by atoms with van der Waals surface area (Å²) in [4.78, 5) is 92.6. The summed E-state index contributed by atoms with van der Waals surface area (Å²) in [6.07, 6.45) is -0.111. The molecule has 0 aromatic carbocycles. The molecule has 310 valence electrons. The molecule has 0 fully saturated rings. The maximum Gasteiger partial charge on any atom is 0.321 e. The molecule has 0 radical (unpaired) electrons. The first-order chi connectivity index (χ1) is 24.0. The van der Waals surface area contributed by atoms with Crippen LogP contribution in [0.4, 0.5) is 0 Å². The average Bonchev–Trinajstić information content (AvgIpc) is 3.01. The number of carbonyl (C=O) groups excluding carboxylic acids is 1. The molecule has 0 aromatic rings. The van der Waals surface area contributed by atoms with Crippen molar-refractivity contribution in [2.45, 2.75) is 81.7 Å². The second kappa shape index (κ2) is 36.4. The van der Waals surface area contributed by atoms with Crippen LogP contribution in [0, 0.1) is 0 Å². The number of carboxylic acids is 8. The number of carbonyl (C=O) groups is 9. The van der Waals surface area contributed by atoms with Crippen LogP contribution >= 0.6 is 12.6 Å². The van der Waals surface area contributed by atoms with Gasteiger partial charge in [0.25, 0.3) is 0 Å². The van der Waals surface area contributed by atoms with E-state index in [2.05, 4.69) is 23.4 Å². The number of guanidine groups is 1. The Bertz CT molecular complexity index is 1140. The van der Waals surface area contributed by atoms with Gasteiger partial charge in [-0.1, -0.05) is 0 Å². The van der Waals surface area contributed by atoms with Gasteiger partial charge in [-0.2, -0.15) is 12.6 Å². The topological polar surface area (TPSA) is 562 Å². The molecule has 0 saturated heterocycles. The summed E-state index contributed by atoms with van der Waals surface area (Å²) in [6, 6.07) is -5.88. The lowest BCUT2D eigenvalue weighted by molar-refractivity contribution is -0.144. The van der Waals surface area contributed by atoms with E-state index in [4.69, 9.17) is 86.7 Å². The van der Waals surface area contributed by atoms with E-state index in [1.165, 1.54) is 6.92 Å². The molecule has 0 saturated carbocycles. The molecule has 0 unspecified atom stereocenters. The lowest BCUT2D eigenvalue weighted by Crippen LogP contribution is -2.34. The monoisotopic (exact) mass is 796 g/mol. The Hall–Kier alpha value is -5.39. The van der Waals surface area contributed by atoms with Crippen LogP contribution in [-0.2, 0) is 43.2 Å². The average molecular weight is 797 g/mol. The van der Waals surface area contributed by atoms with Gasteiger partial charge in [0.15, 0.2) is 5.96 Å². The molecule has 6 atom stereocenters. The zero-order valence-corrected chi connectivity index (χ0v) is 29.4. The predicted molar refractivity (Wildman–Crippen MR) is 186 cm³/mol. The number of nitrogens with two attached hydrogens (primary N) is 9. The van der Waals surface area contributed by atoms with Crippen molar-refractivity contribution < 1.29 is 84.0 Å². The van der Waals surface area contributed by atoms with Gasteiger partial charge in [0.05, 0.1) is 12.8 Å². The minimum Gasteiger partial charge on any atom is -0.481 e. The fraction of sp³-hybridized carbons (Fsp3) is 0.600. The van der Waals surface area contributed by atoms with Gasteiger partial charge in [-0.15, -0.1) is 0 Å². The summed E-state index contributed by atoms with van der Waals surface area (Å²) in [5.41, 5.74) is 44.5. The van der Waals surface area contributed by atoms with Crippen molar-refractivity contribution in [1.82, 2.24) is 0 Å². The van der Waals surface area contributed by atoms with Crippen molar-refractivity contribution >= 4 is 72.2 Å². The van der Waals surface area contributed by atoms with E-state index in [-0.39, 0.29) is 31.0 Å². The van der Waals surface area contributed by atoms with Crippen LogP contribution < -0.4 is 51.6 Å². The fourth-order valence-corrected chi connectivity index (χ4v) is 1.86. The molecule has 1 amide bonds. The number of aliphatic imine (C=N–C) groups is 1. The van der Waals surface area contributed by atoms with Crippen LogP contribution in [0.15, 0.2) is 4.99 Å². The Kier molecular flexibility index (Phi) is 41.0. The van der Waals surface area contributed by atoms with Crippen LogP contribution in [-0.4, -0.2) is 149 Å². The molecule has 0 aromatic heterocycles. The molecule has 0 aliphatic carbocycles. The fourth-order valence-electron chi connectivity index (χ4n) is 1.70. The molecular weight excluding hydrogens is 744 g/mol. The highest BCUT2D eigenvalue weighted by atomic mass is 32.1. The van der Waals surface area contributed by atoms with Crippen molar-refractivity contribution in [2.24, 2.45) is 56.6 Å². The molecule has 28 heteroatoms. The van der Waals surface area contributed by atoms with Crippen molar-refractivity contribution in [3.63, 3.8) is 0 Å². The van der Waals surface area contributed by atoms with Crippen LogP contribution in [0.1, 0.15) is 45.4 Å². The number of amides is 1. The Labute approximate surface area is 306 Å². The van der Waals surface area contributed by atoms with E-state index in [1.807, 2.05) is 0 Å². The van der Waals surface area contributed by atoms with Crippen molar-refractivity contribution in [2.75, 3.05) is 12.3 Å².